The molecule has 1 aromatic rings. The van der Waals surface area contributed by atoms with Gasteiger partial charge in [0.2, 0.25) is 5.91 Å². The molecule has 2 aliphatic rings. The number of aliphatic hydroxyl groups is 1. The van der Waals surface area contributed by atoms with Crippen molar-refractivity contribution in [1.82, 2.24) is 10.2 Å². The Morgan fingerprint density at radius 3 is 2.58 bits per heavy atom. The van der Waals surface area contributed by atoms with Gasteiger partial charge < -0.3 is 15.3 Å². The van der Waals surface area contributed by atoms with Crippen molar-refractivity contribution < 1.29 is 14.7 Å². The zero-order chi connectivity index (χ0) is 18.5. The number of carbonyl (C=O) groups is 2. The van der Waals surface area contributed by atoms with Gasteiger partial charge in [-0.15, -0.1) is 11.8 Å². The molecule has 1 saturated carbocycles. The van der Waals surface area contributed by atoms with Crippen LogP contribution in [-0.4, -0.2) is 51.6 Å². The lowest BCUT2D eigenvalue weighted by molar-refractivity contribution is -0.141. The lowest BCUT2D eigenvalue weighted by Gasteiger charge is -2.28. The summed E-state index contributed by atoms with van der Waals surface area (Å²) in [7, 11) is 0. The van der Waals surface area contributed by atoms with Gasteiger partial charge in [0.05, 0.1) is 11.9 Å². The van der Waals surface area contributed by atoms with Gasteiger partial charge in [0.25, 0.3) is 5.91 Å². The Labute approximate surface area is 159 Å². The molecule has 0 radical (unpaired) electrons. The van der Waals surface area contributed by atoms with Crippen molar-refractivity contribution in [2.45, 2.75) is 56.4 Å². The SMILES string of the molecule is CC1CN(C(=O)C(O)C(Cc2ccccc2)NC(=O)C2CCCC2)CS1. The molecule has 1 aliphatic carbocycles. The summed E-state index contributed by atoms with van der Waals surface area (Å²) in [5.74, 6) is 0.304. The predicted molar refractivity (Wildman–Crippen MR) is 104 cm³/mol. The minimum Gasteiger partial charge on any atom is -0.381 e. The summed E-state index contributed by atoms with van der Waals surface area (Å²) >= 11 is 1.71. The molecule has 2 N–H and O–H groups in total. The van der Waals surface area contributed by atoms with Gasteiger partial charge in [-0.1, -0.05) is 50.1 Å². The summed E-state index contributed by atoms with van der Waals surface area (Å²) in [4.78, 5) is 27.0. The molecule has 5 nitrogen and oxygen atoms in total. The van der Waals surface area contributed by atoms with Crippen molar-refractivity contribution in [3.8, 4) is 0 Å². The second-order valence-corrected chi connectivity index (χ2v) is 8.79. The molecule has 1 saturated heterocycles. The highest BCUT2D eigenvalue weighted by Crippen LogP contribution is 2.26. The van der Waals surface area contributed by atoms with E-state index in [1.54, 1.807) is 16.7 Å². The molecule has 26 heavy (non-hydrogen) atoms. The number of thioether (sulfide) groups is 1. The molecular formula is C20H28N2O3S. The molecule has 3 rings (SSSR count). The molecule has 142 valence electrons. The van der Waals surface area contributed by atoms with E-state index in [2.05, 4.69) is 12.2 Å². The van der Waals surface area contributed by atoms with E-state index >= 15 is 0 Å². The van der Waals surface area contributed by atoms with Crippen LogP contribution in [0.4, 0.5) is 0 Å². The Balaban J connectivity index is 1.70. The van der Waals surface area contributed by atoms with Crippen LogP contribution < -0.4 is 5.32 Å². The maximum absolute atomic E-state index is 12.7. The lowest BCUT2D eigenvalue weighted by Crippen LogP contribution is -2.53. The largest absolute Gasteiger partial charge is 0.381 e. The monoisotopic (exact) mass is 376 g/mol. The minimum absolute atomic E-state index is 0.0120. The van der Waals surface area contributed by atoms with E-state index in [4.69, 9.17) is 0 Å². The zero-order valence-electron chi connectivity index (χ0n) is 15.3. The fourth-order valence-corrected chi connectivity index (χ4v) is 4.70. The summed E-state index contributed by atoms with van der Waals surface area (Å²) in [5, 5.41) is 14.1. The summed E-state index contributed by atoms with van der Waals surface area (Å²) in [6.07, 6.45) is 3.18. The van der Waals surface area contributed by atoms with Crippen LogP contribution >= 0.6 is 11.8 Å². The van der Waals surface area contributed by atoms with Crippen molar-refractivity contribution in [1.29, 1.82) is 0 Å². The van der Waals surface area contributed by atoms with Gasteiger partial charge in [-0.3, -0.25) is 9.59 Å². The van der Waals surface area contributed by atoms with Crippen molar-refractivity contribution in [2.75, 3.05) is 12.4 Å². The molecular weight excluding hydrogens is 348 g/mol. The molecule has 2 amide bonds. The Morgan fingerprint density at radius 2 is 1.96 bits per heavy atom. The molecule has 0 spiro atoms. The van der Waals surface area contributed by atoms with Crippen LogP contribution in [0.25, 0.3) is 0 Å². The second-order valence-electron chi connectivity index (χ2n) is 7.40. The van der Waals surface area contributed by atoms with E-state index in [1.807, 2.05) is 30.3 Å². The molecule has 6 heteroatoms. The number of rotatable bonds is 6. The number of hydrogen-bond acceptors (Lipinski definition) is 4. The Morgan fingerprint density at radius 1 is 1.27 bits per heavy atom. The number of benzene rings is 1. The quantitative estimate of drug-likeness (QED) is 0.798. The number of nitrogens with one attached hydrogen (secondary N) is 1. The van der Waals surface area contributed by atoms with Crippen LogP contribution in [0.15, 0.2) is 30.3 Å². The third-order valence-electron chi connectivity index (χ3n) is 5.29. The number of nitrogens with zero attached hydrogens (tertiary/aromatic N) is 1. The Hall–Kier alpha value is -1.53. The summed E-state index contributed by atoms with van der Waals surface area (Å²) in [6.45, 7) is 2.73. The van der Waals surface area contributed by atoms with Gasteiger partial charge in [-0.2, -0.15) is 0 Å². The van der Waals surface area contributed by atoms with E-state index in [9.17, 15) is 14.7 Å². The number of amides is 2. The predicted octanol–water partition coefficient (Wildman–Crippen LogP) is 2.19. The first-order valence-electron chi connectivity index (χ1n) is 9.47. The maximum atomic E-state index is 12.7. The topological polar surface area (TPSA) is 69.6 Å². The molecule has 0 bridgehead atoms. The highest BCUT2D eigenvalue weighted by Gasteiger charge is 2.35. The molecule has 3 unspecified atom stereocenters. The van der Waals surface area contributed by atoms with E-state index in [0.717, 1.165) is 31.2 Å². The highest BCUT2D eigenvalue weighted by atomic mass is 32.2. The van der Waals surface area contributed by atoms with Crippen LogP contribution in [0.1, 0.15) is 38.2 Å². The molecule has 3 atom stereocenters. The van der Waals surface area contributed by atoms with Crippen LogP contribution in [0.3, 0.4) is 0 Å². The van der Waals surface area contributed by atoms with Crippen molar-refractivity contribution in [3.05, 3.63) is 35.9 Å². The third kappa shape index (κ3) is 4.80. The molecule has 1 heterocycles. The number of carbonyl (C=O) groups excluding carboxylic acids is 2. The maximum Gasteiger partial charge on any atom is 0.254 e. The first-order chi connectivity index (χ1) is 12.5. The number of hydrogen-bond donors (Lipinski definition) is 2. The average Bonchev–Trinajstić information content (AvgIpc) is 3.32. The van der Waals surface area contributed by atoms with E-state index in [1.165, 1.54) is 0 Å². The molecule has 1 aromatic carbocycles. The van der Waals surface area contributed by atoms with Gasteiger partial charge in [0, 0.05) is 17.7 Å². The third-order valence-corrected chi connectivity index (χ3v) is 6.47. The molecule has 1 aliphatic heterocycles. The van der Waals surface area contributed by atoms with Gasteiger partial charge in [0.1, 0.15) is 0 Å². The smallest absolute Gasteiger partial charge is 0.254 e. The Kier molecular flexibility index (Phi) is 6.59. The van der Waals surface area contributed by atoms with Crippen molar-refractivity contribution >= 4 is 23.6 Å². The lowest BCUT2D eigenvalue weighted by atomic mass is 9.98. The van der Waals surface area contributed by atoms with E-state index in [-0.39, 0.29) is 17.7 Å². The standard InChI is InChI=1S/C20H28N2O3S/c1-14-12-22(13-26-14)20(25)18(23)17(11-15-7-3-2-4-8-15)21-19(24)16-9-5-6-10-16/h2-4,7-8,14,16-18,23H,5-6,9-13H2,1H3,(H,21,24). The van der Waals surface area contributed by atoms with E-state index in [0.29, 0.717) is 24.1 Å². The summed E-state index contributed by atoms with van der Waals surface area (Å²) in [6, 6.07) is 9.11. The first-order valence-corrected chi connectivity index (χ1v) is 10.5. The normalized spacial score (nSPS) is 23.0. The minimum atomic E-state index is -1.22. The summed E-state index contributed by atoms with van der Waals surface area (Å²) < 4.78 is 0. The van der Waals surface area contributed by atoms with Crippen LogP contribution in [0.5, 0.6) is 0 Å². The summed E-state index contributed by atoms with van der Waals surface area (Å²) in [5.41, 5.74) is 1.00. The molecule has 0 aromatic heterocycles. The fourth-order valence-electron chi connectivity index (χ4n) is 3.74. The fraction of sp³-hybridized carbons (Fsp3) is 0.600. The van der Waals surface area contributed by atoms with Crippen LogP contribution in [0, 0.1) is 5.92 Å². The van der Waals surface area contributed by atoms with Crippen LogP contribution in [0.2, 0.25) is 0 Å². The van der Waals surface area contributed by atoms with Crippen molar-refractivity contribution in [2.24, 2.45) is 5.92 Å². The zero-order valence-corrected chi connectivity index (χ0v) is 16.1. The van der Waals surface area contributed by atoms with Gasteiger partial charge >= 0.3 is 0 Å². The van der Waals surface area contributed by atoms with Gasteiger partial charge in [-0.05, 0) is 24.8 Å². The Bertz CT molecular complexity index is 619. The highest BCUT2D eigenvalue weighted by molar-refractivity contribution is 8.00. The average molecular weight is 377 g/mol. The van der Waals surface area contributed by atoms with Crippen LogP contribution in [-0.2, 0) is 16.0 Å². The van der Waals surface area contributed by atoms with Gasteiger partial charge in [-0.25, -0.2) is 0 Å². The van der Waals surface area contributed by atoms with E-state index < -0.39 is 12.1 Å². The first kappa shape index (κ1) is 19.2. The number of aliphatic hydroxyl groups excluding tert-OH is 1. The van der Waals surface area contributed by atoms with Crippen molar-refractivity contribution in [3.63, 3.8) is 0 Å². The molecule has 2 fully saturated rings. The van der Waals surface area contributed by atoms with Gasteiger partial charge in [0.15, 0.2) is 6.10 Å². The second kappa shape index (κ2) is 8.91.